The Bertz CT molecular complexity index is 592. The largest absolute Gasteiger partial charge is 0.416 e. The molecular weight excluding hydrogens is 361 g/mol. The van der Waals surface area contributed by atoms with E-state index in [4.69, 9.17) is 11.6 Å². The van der Waals surface area contributed by atoms with Crippen molar-refractivity contribution in [3.8, 4) is 0 Å². The number of hydrogen-bond donors (Lipinski definition) is 0. The molecule has 1 heterocycles. The zero-order valence-corrected chi connectivity index (χ0v) is 12.9. The highest BCUT2D eigenvalue weighted by Crippen LogP contribution is 2.43. The van der Waals surface area contributed by atoms with Crippen molar-refractivity contribution < 1.29 is 13.2 Å². The van der Waals surface area contributed by atoms with Gasteiger partial charge in [0.25, 0.3) is 0 Å². The van der Waals surface area contributed by atoms with E-state index in [1.54, 1.807) is 6.07 Å². The Morgan fingerprint density at radius 2 is 1.89 bits per heavy atom. The molecular formula is C13H9BrClF3S. The Balaban J connectivity index is 2.50. The fraction of sp³-hybridized carbons (Fsp3) is 0.231. The summed E-state index contributed by atoms with van der Waals surface area (Å²) in [5, 5.41) is -0.814. The molecule has 102 valence electrons. The highest BCUT2D eigenvalue weighted by molar-refractivity contribution is 9.10. The zero-order chi connectivity index (χ0) is 14.2. The van der Waals surface area contributed by atoms with Crippen LogP contribution in [0, 0.1) is 6.92 Å². The standard InChI is InChI=1S/C13H9BrClF3S/c1-7-6-10(14)12(19-7)11(15)8-4-2-3-5-9(8)13(16,17)18/h2-6,11H,1H3. The first-order valence-corrected chi connectivity index (χ1v) is 7.41. The third-order valence-electron chi connectivity index (χ3n) is 2.61. The summed E-state index contributed by atoms with van der Waals surface area (Å²) in [7, 11) is 0. The van der Waals surface area contributed by atoms with Gasteiger partial charge in [-0.1, -0.05) is 18.2 Å². The molecule has 0 fully saturated rings. The lowest BCUT2D eigenvalue weighted by atomic mass is 10.0. The van der Waals surface area contributed by atoms with Crippen LogP contribution in [0.25, 0.3) is 0 Å². The molecule has 1 unspecified atom stereocenters. The summed E-state index contributed by atoms with van der Waals surface area (Å²) in [6.07, 6.45) is -4.40. The summed E-state index contributed by atoms with van der Waals surface area (Å²) in [4.78, 5) is 1.69. The quantitative estimate of drug-likeness (QED) is 0.556. The highest BCUT2D eigenvalue weighted by atomic mass is 79.9. The monoisotopic (exact) mass is 368 g/mol. The maximum Gasteiger partial charge on any atom is 0.416 e. The van der Waals surface area contributed by atoms with E-state index in [1.165, 1.54) is 23.5 Å². The molecule has 0 nitrogen and oxygen atoms in total. The molecule has 2 rings (SSSR count). The minimum absolute atomic E-state index is 0.0826. The lowest BCUT2D eigenvalue weighted by Crippen LogP contribution is -2.10. The van der Waals surface area contributed by atoms with E-state index in [2.05, 4.69) is 15.9 Å². The van der Waals surface area contributed by atoms with Gasteiger partial charge < -0.3 is 0 Å². The van der Waals surface area contributed by atoms with Gasteiger partial charge in [0.1, 0.15) is 0 Å². The van der Waals surface area contributed by atoms with Crippen LogP contribution in [0.15, 0.2) is 34.8 Å². The molecule has 0 radical (unpaired) electrons. The fourth-order valence-corrected chi connectivity index (χ4v) is 4.24. The van der Waals surface area contributed by atoms with Crippen molar-refractivity contribution in [3.05, 3.63) is 55.7 Å². The molecule has 0 saturated carbocycles. The van der Waals surface area contributed by atoms with Crippen molar-refractivity contribution in [2.24, 2.45) is 0 Å². The number of alkyl halides is 4. The van der Waals surface area contributed by atoms with Gasteiger partial charge >= 0.3 is 6.18 Å². The molecule has 0 saturated heterocycles. The molecule has 1 aromatic carbocycles. The molecule has 19 heavy (non-hydrogen) atoms. The summed E-state index contributed by atoms with van der Waals surface area (Å²) in [6, 6.07) is 7.26. The van der Waals surface area contributed by atoms with Crippen LogP contribution in [0.2, 0.25) is 0 Å². The summed E-state index contributed by atoms with van der Waals surface area (Å²) in [5.41, 5.74) is -0.604. The SMILES string of the molecule is Cc1cc(Br)c(C(Cl)c2ccccc2C(F)(F)F)s1. The molecule has 1 atom stereocenters. The molecule has 0 aliphatic carbocycles. The summed E-state index contributed by atoms with van der Waals surface area (Å²) < 4.78 is 39.6. The fourth-order valence-electron chi connectivity index (χ4n) is 1.79. The first-order chi connectivity index (χ1) is 8.80. The molecule has 2 aromatic rings. The van der Waals surface area contributed by atoms with Crippen LogP contribution in [0.4, 0.5) is 13.2 Å². The predicted octanol–water partition coefficient (Wildman–Crippen LogP) is 6.17. The highest BCUT2D eigenvalue weighted by Gasteiger charge is 2.35. The third kappa shape index (κ3) is 3.15. The summed E-state index contributed by atoms with van der Waals surface area (Å²) in [5.74, 6) is 0. The molecule has 0 aliphatic heterocycles. The van der Waals surface area contributed by atoms with Crippen molar-refractivity contribution in [1.82, 2.24) is 0 Å². The minimum Gasteiger partial charge on any atom is -0.166 e. The summed E-state index contributed by atoms with van der Waals surface area (Å²) in [6.45, 7) is 1.89. The van der Waals surface area contributed by atoms with E-state index in [1.807, 2.05) is 13.0 Å². The van der Waals surface area contributed by atoms with Gasteiger partial charge in [-0.3, -0.25) is 0 Å². The van der Waals surface area contributed by atoms with Crippen molar-refractivity contribution in [1.29, 1.82) is 0 Å². The number of halogens is 5. The molecule has 0 aliphatic rings. The van der Waals surface area contributed by atoms with Crippen LogP contribution in [0.5, 0.6) is 0 Å². The molecule has 1 aromatic heterocycles. The smallest absolute Gasteiger partial charge is 0.166 e. The maximum atomic E-state index is 13.0. The van der Waals surface area contributed by atoms with Gasteiger partial charge in [-0.25, -0.2) is 0 Å². The van der Waals surface area contributed by atoms with Crippen LogP contribution in [-0.4, -0.2) is 0 Å². The zero-order valence-electron chi connectivity index (χ0n) is 9.76. The number of thiophene rings is 1. The van der Waals surface area contributed by atoms with Gasteiger partial charge in [0.05, 0.1) is 10.9 Å². The Hall–Kier alpha value is -0.520. The molecule has 0 amide bonds. The number of benzene rings is 1. The van der Waals surface area contributed by atoms with Crippen LogP contribution in [-0.2, 0) is 6.18 Å². The average Bonchev–Trinajstić information content (AvgIpc) is 2.66. The summed E-state index contributed by atoms with van der Waals surface area (Å²) >= 11 is 11.0. The van der Waals surface area contributed by atoms with E-state index in [-0.39, 0.29) is 5.56 Å². The van der Waals surface area contributed by atoms with E-state index in [9.17, 15) is 13.2 Å². The molecule has 0 spiro atoms. The second-order valence-corrected chi connectivity index (χ2v) is 6.60. The van der Waals surface area contributed by atoms with Gasteiger partial charge in [-0.2, -0.15) is 13.2 Å². The van der Waals surface area contributed by atoms with Crippen molar-refractivity contribution in [2.45, 2.75) is 18.5 Å². The number of rotatable bonds is 2. The Morgan fingerprint density at radius 1 is 1.26 bits per heavy atom. The molecule has 0 bridgehead atoms. The third-order valence-corrected chi connectivity index (χ3v) is 5.22. The van der Waals surface area contributed by atoms with E-state index in [0.717, 1.165) is 15.4 Å². The van der Waals surface area contributed by atoms with Gasteiger partial charge in [-0.05, 0) is 40.5 Å². The normalized spacial score (nSPS) is 13.6. The van der Waals surface area contributed by atoms with E-state index < -0.39 is 17.1 Å². The van der Waals surface area contributed by atoms with E-state index in [0.29, 0.717) is 4.88 Å². The second kappa shape index (κ2) is 5.46. The lowest BCUT2D eigenvalue weighted by Gasteiger charge is -2.16. The lowest BCUT2D eigenvalue weighted by molar-refractivity contribution is -0.138. The van der Waals surface area contributed by atoms with Crippen LogP contribution in [0.3, 0.4) is 0 Å². The average molecular weight is 370 g/mol. The predicted molar refractivity (Wildman–Crippen MR) is 75.9 cm³/mol. The first-order valence-electron chi connectivity index (χ1n) is 5.36. The minimum atomic E-state index is -4.40. The van der Waals surface area contributed by atoms with Gasteiger partial charge in [0.15, 0.2) is 0 Å². The van der Waals surface area contributed by atoms with Crippen LogP contribution < -0.4 is 0 Å². The van der Waals surface area contributed by atoms with Crippen LogP contribution >= 0.6 is 38.9 Å². The van der Waals surface area contributed by atoms with Crippen molar-refractivity contribution in [2.75, 3.05) is 0 Å². The molecule has 0 N–H and O–H groups in total. The Kier molecular flexibility index (Phi) is 4.28. The van der Waals surface area contributed by atoms with Crippen molar-refractivity contribution >= 4 is 38.9 Å². The first kappa shape index (κ1) is 14.9. The topological polar surface area (TPSA) is 0 Å². The number of hydrogen-bond acceptors (Lipinski definition) is 1. The maximum absolute atomic E-state index is 13.0. The van der Waals surface area contributed by atoms with Gasteiger partial charge in [0.2, 0.25) is 0 Å². The second-order valence-electron chi connectivity index (χ2n) is 4.02. The van der Waals surface area contributed by atoms with Crippen LogP contribution in [0.1, 0.15) is 26.3 Å². The van der Waals surface area contributed by atoms with Gasteiger partial charge in [0, 0.05) is 14.2 Å². The van der Waals surface area contributed by atoms with E-state index >= 15 is 0 Å². The number of aryl methyl sites for hydroxylation is 1. The van der Waals surface area contributed by atoms with Gasteiger partial charge in [-0.15, -0.1) is 22.9 Å². The Morgan fingerprint density at radius 3 is 2.42 bits per heavy atom. The molecule has 6 heteroatoms. The Labute approximate surface area is 126 Å². The van der Waals surface area contributed by atoms with Crippen molar-refractivity contribution in [3.63, 3.8) is 0 Å².